The summed E-state index contributed by atoms with van der Waals surface area (Å²) in [6.07, 6.45) is -0.297. The number of ether oxygens (including phenoxy) is 1. The van der Waals surface area contributed by atoms with Gasteiger partial charge in [-0.25, -0.2) is 4.79 Å². The van der Waals surface area contributed by atoms with E-state index in [4.69, 9.17) is 9.84 Å². The first kappa shape index (κ1) is 12.2. The smallest absolute Gasteiger partial charge is 0.404 e. The van der Waals surface area contributed by atoms with E-state index >= 15 is 0 Å². The van der Waals surface area contributed by atoms with Gasteiger partial charge in [-0.3, -0.25) is 0 Å². The van der Waals surface area contributed by atoms with E-state index in [-0.39, 0.29) is 0 Å². The number of rotatable bonds is 4. The predicted octanol–water partition coefficient (Wildman–Crippen LogP) is 2.66. The highest BCUT2D eigenvalue weighted by Gasteiger charge is 2.00. The molecule has 1 amide bonds. The van der Waals surface area contributed by atoms with Crippen LogP contribution in [0, 0.1) is 0 Å². The summed E-state index contributed by atoms with van der Waals surface area (Å²) in [7, 11) is 1.65. The third kappa shape index (κ3) is 2.91. The zero-order chi connectivity index (χ0) is 13.0. The third-order valence-corrected chi connectivity index (χ3v) is 2.80. The van der Waals surface area contributed by atoms with Crippen molar-refractivity contribution in [2.75, 3.05) is 13.7 Å². The Morgan fingerprint density at radius 2 is 1.94 bits per heavy atom. The molecule has 0 fully saturated rings. The molecule has 0 bridgehead atoms. The fraction of sp³-hybridized carbons (Fsp3) is 0.214. The van der Waals surface area contributed by atoms with E-state index in [1.165, 1.54) is 0 Å². The second kappa shape index (κ2) is 5.40. The first-order valence-electron chi connectivity index (χ1n) is 5.72. The molecule has 2 aromatic rings. The van der Waals surface area contributed by atoms with E-state index in [9.17, 15) is 4.79 Å². The molecular weight excluding hydrogens is 230 g/mol. The van der Waals surface area contributed by atoms with Gasteiger partial charge < -0.3 is 15.2 Å². The van der Waals surface area contributed by atoms with Crippen molar-refractivity contribution >= 4 is 16.9 Å². The minimum Gasteiger partial charge on any atom is -0.497 e. The summed E-state index contributed by atoms with van der Waals surface area (Å²) < 4.78 is 5.17. The lowest BCUT2D eigenvalue weighted by Gasteiger charge is -2.06. The molecule has 0 unspecified atom stereocenters. The highest BCUT2D eigenvalue weighted by Crippen LogP contribution is 2.21. The van der Waals surface area contributed by atoms with Crippen LogP contribution in [0.25, 0.3) is 10.8 Å². The van der Waals surface area contributed by atoms with E-state index in [0.717, 1.165) is 22.1 Å². The molecule has 0 aliphatic carbocycles. The molecule has 0 aliphatic heterocycles. The summed E-state index contributed by atoms with van der Waals surface area (Å²) in [6.45, 7) is 0.428. The summed E-state index contributed by atoms with van der Waals surface area (Å²) in [6, 6.07) is 12.0. The number of benzene rings is 2. The third-order valence-electron chi connectivity index (χ3n) is 2.80. The Balaban J connectivity index is 2.15. The second-order valence-corrected chi connectivity index (χ2v) is 4.03. The maximum Gasteiger partial charge on any atom is 0.404 e. The van der Waals surface area contributed by atoms with E-state index in [0.29, 0.717) is 13.0 Å². The first-order valence-corrected chi connectivity index (χ1v) is 5.72. The molecule has 18 heavy (non-hydrogen) atoms. The molecule has 0 heterocycles. The van der Waals surface area contributed by atoms with Gasteiger partial charge >= 0.3 is 6.09 Å². The number of methoxy groups -OCH3 is 1. The average Bonchev–Trinajstić information content (AvgIpc) is 2.37. The Morgan fingerprint density at radius 3 is 2.67 bits per heavy atom. The van der Waals surface area contributed by atoms with Gasteiger partial charge in [-0.2, -0.15) is 0 Å². The van der Waals surface area contributed by atoms with Gasteiger partial charge in [-0.1, -0.05) is 24.3 Å². The van der Waals surface area contributed by atoms with E-state index in [1.54, 1.807) is 7.11 Å². The number of nitrogens with one attached hydrogen (secondary N) is 1. The van der Waals surface area contributed by atoms with Gasteiger partial charge in [0, 0.05) is 6.54 Å². The number of hydrogen-bond donors (Lipinski definition) is 2. The Morgan fingerprint density at radius 1 is 1.22 bits per heavy atom. The maximum atomic E-state index is 10.3. The van der Waals surface area contributed by atoms with Gasteiger partial charge in [0.2, 0.25) is 0 Å². The minimum absolute atomic E-state index is 0.428. The van der Waals surface area contributed by atoms with Crippen LogP contribution in [0.1, 0.15) is 5.56 Å². The highest BCUT2D eigenvalue weighted by atomic mass is 16.5. The first-order chi connectivity index (χ1) is 8.69. The van der Waals surface area contributed by atoms with Crippen LogP contribution in [-0.4, -0.2) is 24.9 Å². The summed E-state index contributed by atoms with van der Waals surface area (Å²) in [5, 5.41) is 13.1. The van der Waals surface area contributed by atoms with E-state index in [2.05, 4.69) is 11.4 Å². The standard InChI is InChI=1S/C14H15NO3/c1-18-13-5-4-11-8-10(2-3-12(11)9-13)6-7-15-14(16)17/h2-5,8-9,15H,6-7H2,1H3,(H,16,17). The van der Waals surface area contributed by atoms with Crippen LogP contribution in [0.4, 0.5) is 4.79 Å². The zero-order valence-corrected chi connectivity index (χ0v) is 10.1. The molecule has 0 saturated heterocycles. The molecule has 4 nitrogen and oxygen atoms in total. The highest BCUT2D eigenvalue weighted by molar-refractivity contribution is 5.84. The maximum absolute atomic E-state index is 10.3. The predicted molar refractivity (Wildman–Crippen MR) is 70.2 cm³/mol. The quantitative estimate of drug-likeness (QED) is 0.870. The molecule has 0 aliphatic rings. The lowest BCUT2D eigenvalue weighted by atomic mass is 10.0. The van der Waals surface area contributed by atoms with Crippen molar-refractivity contribution in [1.82, 2.24) is 5.32 Å². The molecule has 0 spiro atoms. The number of carbonyl (C=O) groups is 1. The van der Waals surface area contributed by atoms with Gasteiger partial charge in [0.25, 0.3) is 0 Å². The van der Waals surface area contributed by atoms with Crippen LogP contribution in [-0.2, 0) is 6.42 Å². The van der Waals surface area contributed by atoms with Gasteiger partial charge in [0.05, 0.1) is 7.11 Å². The lowest BCUT2D eigenvalue weighted by Crippen LogP contribution is -2.23. The summed E-state index contributed by atoms with van der Waals surface area (Å²) >= 11 is 0. The number of carboxylic acid groups (broad SMARTS) is 1. The normalized spacial score (nSPS) is 10.3. The number of amides is 1. The fourth-order valence-electron chi connectivity index (χ4n) is 1.87. The van der Waals surface area contributed by atoms with Crippen molar-refractivity contribution in [3.8, 4) is 5.75 Å². The molecule has 0 aromatic heterocycles. The average molecular weight is 245 g/mol. The molecule has 4 heteroatoms. The number of fused-ring (bicyclic) bond motifs is 1. The van der Waals surface area contributed by atoms with Crippen LogP contribution in [0.5, 0.6) is 5.75 Å². The van der Waals surface area contributed by atoms with Gasteiger partial charge in [-0.05, 0) is 34.9 Å². The summed E-state index contributed by atoms with van der Waals surface area (Å²) in [4.78, 5) is 10.3. The van der Waals surface area contributed by atoms with E-state index < -0.39 is 6.09 Å². The second-order valence-electron chi connectivity index (χ2n) is 4.03. The topological polar surface area (TPSA) is 58.6 Å². The Kier molecular flexibility index (Phi) is 3.67. The van der Waals surface area contributed by atoms with Crippen LogP contribution < -0.4 is 10.1 Å². The van der Waals surface area contributed by atoms with Crippen LogP contribution in [0.3, 0.4) is 0 Å². The largest absolute Gasteiger partial charge is 0.497 e. The van der Waals surface area contributed by atoms with Gasteiger partial charge in [0.1, 0.15) is 5.75 Å². The van der Waals surface area contributed by atoms with Crippen LogP contribution >= 0.6 is 0 Å². The van der Waals surface area contributed by atoms with Crippen LogP contribution in [0.15, 0.2) is 36.4 Å². The van der Waals surface area contributed by atoms with Crippen molar-refractivity contribution in [2.24, 2.45) is 0 Å². The molecule has 0 radical (unpaired) electrons. The Bertz CT molecular complexity index is 566. The fourth-order valence-corrected chi connectivity index (χ4v) is 1.87. The van der Waals surface area contributed by atoms with Crippen molar-refractivity contribution in [3.05, 3.63) is 42.0 Å². The molecule has 2 aromatic carbocycles. The van der Waals surface area contributed by atoms with Crippen molar-refractivity contribution in [1.29, 1.82) is 0 Å². The Labute approximate surface area is 105 Å². The lowest BCUT2D eigenvalue weighted by molar-refractivity contribution is 0.194. The van der Waals surface area contributed by atoms with Crippen molar-refractivity contribution in [3.63, 3.8) is 0 Å². The van der Waals surface area contributed by atoms with Gasteiger partial charge in [-0.15, -0.1) is 0 Å². The monoisotopic (exact) mass is 245 g/mol. The molecule has 0 atom stereocenters. The molecule has 0 saturated carbocycles. The summed E-state index contributed by atoms with van der Waals surface area (Å²) in [5.74, 6) is 0.836. The van der Waals surface area contributed by atoms with E-state index in [1.807, 2.05) is 30.3 Å². The van der Waals surface area contributed by atoms with Crippen LogP contribution in [0.2, 0.25) is 0 Å². The molecule has 2 rings (SSSR count). The van der Waals surface area contributed by atoms with Crippen molar-refractivity contribution in [2.45, 2.75) is 6.42 Å². The van der Waals surface area contributed by atoms with Gasteiger partial charge in [0.15, 0.2) is 0 Å². The Hall–Kier alpha value is -2.23. The van der Waals surface area contributed by atoms with Crippen molar-refractivity contribution < 1.29 is 14.6 Å². The molecular formula is C14H15NO3. The SMILES string of the molecule is COc1ccc2cc(CCNC(=O)O)ccc2c1. The minimum atomic E-state index is -0.986. The zero-order valence-electron chi connectivity index (χ0n) is 10.1. The summed E-state index contributed by atoms with van der Waals surface area (Å²) in [5.41, 5.74) is 1.11. The number of hydrogen-bond acceptors (Lipinski definition) is 2. The molecule has 94 valence electrons. The molecule has 2 N–H and O–H groups in total.